The molecular weight excluding hydrogens is 384 g/mol. The lowest BCUT2D eigenvalue weighted by molar-refractivity contribution is -0.292. The van der Waals surface area contributed by atoms with Crippen LogP contribution >= 0.6 is 0 Å². The third-order valence-corrected chi connectivity index (χ3v) is 4.61. The van der Waals surface area contributed by atoms with E-state index in [1.165, 1.54) is 0 Å². The summed E-state index contributed by atoms with van der Waals surface area (Å²) < 4.78 is 5.04. The molecule has 0 rings (SSSR count). The van der Waals surface area contributed by atoms with E-state index in [-0.39, 0.29) is 36.4 Å². The van der Waals surface area contributed by atoms with E-state index in [9.17, 15) is 9.59 Å². The number of nitriles is 1. The number of primary amides is 1. The van der Waals surface area contributed by atoms with Crippen molar-refractivity contribution in [1.29, 1.82) is 5.26 Å². The van der Waals surface area contributed by atoms with Gasteiger partial charge in [-0.2, -0.15) is 5.26 Å². The summed E-state index contributed by atoms with van der Waals surface area (Å²) in [5.74, 6) is -0.191. The lowest BCUT2D eigenvalue weighted by atomic mass is 9.90. The first-order valence-corrected chi connectivity index (χ1v) is 10.5. The van der Waals surface area contributed by atoms with E-state index in [4.69, 9.17) is 25.5 Å². The largest absolute Gasteiger partial charge is 0.463 e. The van der Waals surface area contributed by atoms with Crippen molar-refractivity contribution in [2.24, 2.45) is 22.5 Å². The van der Waals surface area contributed by atoms with Crippen molar-refractivity contribution in [1.82, 2.24) is 0 Å². The van der Waals surface area contributed by atoms with E-state index in [0.717, 1.165) is 24.8 Å². The van der Waals surface area contributed by atoms with E-state index < -0.39 is 5.41 Å². The Kier molecular flexibility index (Phi) is 19.5. The SMILES string of the molecule is C=C(C)COOCCOC(=O)C(C)(C)CC.CCC(C)(C)C(N)=O.CCC(C)C#N. The number of carbonyl (C=O) groups is 2. The van der Waals surface area contributed by atoms with Crippen LogP contribution in [-0.4, -0.2) is 31.7 Å². The van der Waals surface area contributed by atoms with Gasteiger partial charge in [0, 0.05) is 11.3 Å². The smallest absolute Gasteiger partial charge is 0.311 e. The molecule has 0 bridgehead atoms. The first-order chi connectivity index (χ1) is 13.7. The van der Waals surface area contributed by atoms with Gasteiger partial charge in [0.05, 0.1) is 11.5 Å². The van der Waals surface area contributed by atoms with Crippen LogP contribution in [0.1, 0.15) is 81.6 Å². The van der Waals surface area contributed by atoms with Gasteiger partial charge in [0.25, 0.3) is 0 Å². The second-order valence-electron chi connectivity index (χ2n) is 8.45. The maximum atomic E-state index is 11.5. The second kappa shape index (κ2) is 17.9. The number of ether oxygens (including phenoxy) is 1. The fourth-order valence-corrected chi connectivity index (χ4v) is 0.975. The minimum Gasteiger partial charge on any atom is -0.463 e. The summed E-state index contributed by atoms with van der Waals surface area (Å²) in [5, 5.41) is 8.08. The number of nitrogens with zero attached hydrogens (tertiary/aromatic N) is 1. The molecule has 176 valence electrons. The van der Waals surface area contributed by atoms with E-state index in [0.29, 0.717) is 6.61 Å². The van der Waals surface area contributed by atoms with Gasteiger partial charge in [0.2, 0.25) is 5.91 Å². The predicted octanol–water partition coefficient (Wildman–Crippen LogP) is 4.95. The molecule has 0 saturated heterocycles. The van der Waals surface area contributed by atoms with E-state index >= 15 is 0 Å². The molecule has 2 N–H and O–H groups in total. The molecule has 0 fully saturated rings. The Morgan fingerprint density at radius 1 is 1.03 bits per heavy atom. The van der Waals surface area contributed by atoms with Crippen LogP contribution in [0.3, 0.4) is 0 Å². The second-order valence-corrected chi connectivity index (χ2v) is 8.45. The van der Waals surface area contributed by atoms with Crippen molar-refractivity contribution in [3.63, 3.8) is 0 Å². The van der Waals surface area contributed by atoms with Gasteiger partial charge in [0.1, 0.15) is 19.8 Å². The third-order valence-electron chi connectivity index (χ3n) is 4.61. The summed E-state index contributed by atoms with van der Waals surface area (Å²) >= 11 is 0. The molecule has 0 saturated carbocycles. The van der Waals surface area contributed by atoms with E-state index in [1.54, 1.807) is 0 Å². The highest BCUT2D eigenvalue weighted by molar-refractivity contribution is 5.79. The van der Waals surface area contributed by atoms with Crippen LogP contribution in [0.5, 0.6) is 0 Å². The van der Waals surface area contributed by atoms with Crippen molar-refractivity contribution >= 4 is 11.9 Å². The Morgan fingerprint density at radius 3 is 1.80 bits per heavy atom. The lowest BCUT2D eigenvalue weighted by Gasteiger charge is -2.20. The van der Waals surface area contributed by atoms with Crippen molar-refractivity contribution in [3.05, 3.63) is 12.2 Å². The molecule has 7 heteroatoms. The lowest BCUT2D eigenvalue weighted by Crippen LogP contribution is -2.30. The Bertz CT molecular complexity index is 536. The van der Waals surface area contributed by atoms with Crippen molar-refractivity contribution in [3.8, 4) is 6.07 Å². The van der Waals surface area contributed by atoms with Gasteiger partial charge in [-0.05, 0) is 47.0 Å². The highest BCUT2D eigenvalue weighted by atomic mass is 17.2. The number of nitrogens with two attached hydrogens (primary N) is 1. The van der Waals surface area contributed by atoms with Crippen molar-refractivity contribution in [2.75, 3.05) is 19.8 Å². The van der Waals surface area contributed by atoms with Crippen LogP contribution in [0.2, 0.25) is 0 Å². The highest BCUT2D eigenvalue weighted by Crippen LogP contribution is 2.21. The summed E-state index contributed by atoms with van der Waals surface area (Å²) in [6.45, 7) is 21.5. The van der Waals surface area contributed by atoms with Crippen molar-refractivity contribution < 1.29 is 24.1 Å². The van der Waals surface area contributed by atoms with Crippen molar-refractivity contribution in [2.45, 2.75) is 81.6 Å². The van der Waals surface area contributed by atoms with Gasteiger partial charge in [0.15, 0.2) is 0 Å². The molecule has 0 aliphatic heterocycles. The van der Waals surface area contributed by atoms with Crippen LogP contribution in [-0.2, 0) is 24.1 Å². The standard InChI is InChI=1S/C12H22O4.C6H13NO.C5H9N/c1-6-12(4,5)11(13)14-7-8-15-16-9-10(2)3;1-4-6(2,3)5(7)8;1-3-5(2)4-6/h2,6-9H2,1,3-5H3;4H2,1-3H3,(H2,7,8);5H,3H2,1-2H3. The number of hydrogen-bond acceptors (Lipinski definition) is 6. The molecule has 0 aliphatic carbocycles. The minimum absolute atomic E-state index is 0.207. The number of esters is 1. The van der Waals surface area contributed by atoms with Gasteiger partial charge in [-0.1, -0.05) is 46.8 Å². The minimum atomic E-state index is -0.432. The molecule has 0 radical (unpaired) electrons. The monoisotopic (exact) mass is 428 g/mol. The first-order valence-electron chi connectivity index (χ1n) is 10.5. The summed E-state index contributed by atoms with van der Waals surface area (Å²) in [7, 11) is 0. The van der Waals surface area contributed by atoms with Crippen LogP contribution in [0, 0.1) is 28.1 Å². The highest BCUT2D eigenvalue weighted by Gasteiger charge is 2.26. The predicted molar refractivity (Wildman–Crippen MR) is 120 cm³/mol. The fraction of sp³-hybridized carbons (Fsp3) is 0.783. The Labute approximate surface area is 183 Å². The number of rotatable bonds is 11. The number of carbonyl (C=O) groups excluding carboxylic acids is 2. The topological polar surface area (TPSA) is 112 Å². The molecule has 1 atom stereocenters. The molecule has 30 heavy (non-hydrogen) atoms. The number of hydrogen-bond donors (Lipinski definition) is 1. The van der Waals surface area contributed by atoms with Crippen LogP contribution in [0.15, 0.2) is 12.2 Å². The molecular formula is C23H44N2O5. The van der Waals surface area contributed by atoms with Crippen LogP contribution < -0.4 is 5.73 Å². The average molecular weight is 429 g/mol. The zero-order valence-electron chi connectivity index (χ0n) is 20.6. The van der Waals surface area contributed by atoms with E-state index in [2.05, 4.69) is 12.6 Å². The van der Waals surface area contributed by atoms with E-state index in [1.807, 2.05) is 62.3 Å². The van der Waals surface area contributed by atoms with Gasteiger partial charge >= 0.3 is 5.97 Å². The average Bonchev–Trinajstić information content (AvgIpc) is 2.70. The molecule has 0 aromatic carbocycles. The Hall–Kier alpha value is -1.91. The first kappa shape index (κ1) is 32.7. The molecule has 1 unspecified atom stereocenters. The van der Waals surface area contributed by atoms with Crippen LogP contribution in [0.25, 0.3) is 0 Å². The Morgan fingerprint density at radius 2 is 1.53 bits per heavy atom. The van der Waals surface area contributed by atoms with Gasteiger partial charge in [-0.25, -0.2) is 9.78 Å². The summed E-state index contributed by atoms with van der Waals surface area (Å²) in [6, 6.07) is 2.11. The summed E-state index contributed by atoms with van der Waals surface area (Å²) in [5.41, 5.74) is 5.17. The molecule has 7 nitrogen and oxygen atoms in total. The molecule has 0 aliphatic rings. The van der Waals surface area contributed by atoms with Gasteiger partial charge in [-0.15, -0.1) is 0 Å². The summed E-state index contributed by atoms with van der Waals surface area (Å²) in [6.07, 6.45) is 2.53. The quantitative estimate of drug-likeness (QED) is 0.164. The van der Waals surface area contributed by atoms with Crippen LogP contribution in [0.4, 0.5) is 0 Å². The number of amides is 1. The summed E-state index contributed by atoms with van der Waals surface area (Å²) in [4.78, 5) is 31.6. The maximum Gasteiger partial charge on any atom is 0.311 e. The third kappa shape index (κ3) is 19.4. The van der Waals surface area contributed by atoms with Gasteiger partial charge < -0.3 is 10.5 Å². The maximum absolute atomic E-state index is 11.5. The molecule has 0 spiro atoms. The molecule has 1 amide bonds. The molecule has 0 aromatic rings. The normalized spacial score (nSPS) is 11.6. The Balaban J connectivity index is -0.000000431. The fourth-order valence-electron chi connectivity index (χ4n) is 0.975. The van der Waals surface area contributed by atoms with Gasteiger partial charge in [-0.3, -0.25) is 9.59 Å². The molecule has 0 aromatic heterocycles. The molecule has 0 heterocycles. The zero-order valence-corrected chi connectivity index (χ0v) is 20.6. The zero-order chi connectivity index (χ0) is 24.4.